The van der Waals surface area contributed by atoms with Gasteiger partial charge in [-0.1, -0.05) is 65.7 Å². The number of nitrogens with one attached hydrogen (secondary N) is 3. The van der Waals surface area contributed by atoms with Gasteiger partial charge in [0, 0.05) is 37.8 Å². The second-order valence-electron chi connectivity index (χ2n) is 17.5. The second-order valence-corrected chi connectivity index (χ2v) is 19.5. The lowest BCUT2D eigenvalue weighted by Crippen LogP contribution is -2.58. The Labute approximate surface area is 331 Å². The number of benzene rings is 1. The number of methoxy groups -OCH3 is 1. The average Bonchev–Trinajstić information content (AvgIpc) is 4.08. The number of nitrogens with zero attached hydrogens (tertiary/aromatic N) is 3. The highest BCUT2D eigenvalue weighted by atomic mass is 32.2. The van der Waals surface area contributed by atoms with E-state index in [1.807, 2.05) is 52.0 Å². The van der Waals surface area contributed by atoms with Crippen LogP contribution in [0.3, 0.4) is 0 Å². The van der Waals surface area contributed by atoms with Gasteiger partial charge in [-0.05, 0) is 63.0 Å². The van der Waals surface area contributed by atoms with Crippen molar-refractivity contribution in [1.29, 1.82) is 0 Å². The van der Waals surface area contributed by atoms with Gasteiger partial charge in [0.05, 0.1) is 28.4 Å². The molecule has 4 fully saturated rings. The molecule has 0 spiro atoms. The number of alkyl carbamates (subject to hydrolysis) is 1. The fourth-order valence-corrected chi connectivity index (χ4v) is 9.75. The van der Waals surface area contributed by atoms with Crippen LogP contribution >= 0.6 is 0 Å². The van der Waals surface area contributed by atoms with Crippen LogP contribution < -0.4 is 20.1 Å². The van der Waals surface area contributed by atoms with E-state index in [0.29, 0.717) is 49.2 Å². The molecule has 3 N–H and O–H groups in total. The van der Waals surface area contributed by atoms with Crippen LogP contribution in [-0.2, 0) is 35.5 Å². The number of hydrogen-bond acceptors (Lipinski definition) is 10. The molecule has 15 heteroatoms. The summed E-state index contributed by atoms with van der Waals surface area (Å²) in [6.07, 6.45) is 5.47. The molecule has 0 radical (unpaired) electrons. The van der Waals surface area contributed by atoms with Crippen LogP contribution in [-0.4, -0.2) is 95.7 Å². The third kappa shape index (κ3) is 9.15. The summed E-state index contributed by atoms with van der Waals surface area (Å²) < 4.78 is 46.7. The van der Waals surface area contributed by atoms with Crippen molar-refractivity contribution in [2.75, 3.05) is 13.7 Å². The van der Waals surface area contributed by atoms with E-state index in [1.54, 1.807) is 11.0 Å². The molecule has 308 valence electrons. The molecule has 2 aromatic rings. The van der Waals surface area contributed by atoms with Crippen LogP contribution in [0.1, 0.15) is 105 Å². The zero-order chi connectivity index (χ0) is 40.6. The maximum absolute atomic E-state index is 14.7. The maximum Gasteiger partial charge on any atom is 0.408 e. The summed E-state index contributed by atoms with van der Waals surface area (Å²) in [4.78, 5) is 53.5. The molecule has 2 heterocycles. The number of ether oxygens (including phenoxy) is 3. The predicted molar refractivity (Wildman–Crippen MR) is 212 cm³/mol. The van der Waals surface area contributed by atoms with E-state index in [-0.39, 0.29) is 36.6 Å². The summed E-state index contributed by atoms with van der Waals surface area (Å²) in [6.45, 7) is 15.8. The number of hydrogen-bond donors (Lipinski definition) is 3. The monoisotopic (exact) mass is 796 g/mol. The third-order valence-corrected chi connectivity index (χ3v) is 13.7. The smallest absolute Gasteiger partial charge is 0.408 e. The minimum Gasteiger partial charge on any atom is -0.471 e. The topological polar surface area (TPSA) is 178 Å². The van der Waals surface area contributed by atoms with E-state index < -0.39 is 62.3 Å². The maximum atomic E-state index is 14.7. The van der Waals surface area contributed by atoms with Gasteiger partial charge in [0.2, 0.25) is 27.7 Å². The van der Waals surface area contributed by atoms with Gasteiger partial charge in [0.25, 0.3) is 0 Å². The van der Waals surface area contributed by atoms with Crippen LogP contribution in [0.25, 0.3) is 11.0 Å². The molecule has 6 rings (SSSR count). The minimum absolute atomic E-state index is 0.105. The van der Waals surface area contributed by atoms with Crippen LogP contribution in [0.15, 0.2) is 36.9 Å². The van der Waals surface area contributed by atoms with Gasteiger partial charge in [-0.25, -0.2) is 23.2 Å². The van der Waals surface area contributed by atoms with Crippen molar-refractivity contribution in [2.45, 2.75) is 147 Å². The highest BCUT2D eigenvalue weighted by Crippen LogP contribution is 2.50. The Hall–Kier alpha value is -3.82. The van der Waals surface area contributed by atoms with Crippen molar-refractivity contribution >= 4 is 39.0 Å². The summed E-state index contributed by atoms with van der Waals surface area (Å²) in [5.41, 5.74) is -0.168. The first-order chi connectivity index (χ1) is 26.5. The molecule has 14 nitrogen and oxygen atoms in total. The van der Waals surface area contributed by atoms with E-state index in [2.05, 4.69) is 35.8 Å². The van der Waals surface area contributed by atoms with Gasteiger partial charge in [-0.3, -0.25) is 9.59 Å². The number of aromatic nitrogens is 2. The summed E-state index contributed by atoms with van der Waals surface area (Å²) in [6, 6.07) is 5.97. The number of sulfonamides is 1. The molecule has 8 unspecified atom stereocenters. The zero-order valence-electron chi connectivity index (χ0n) is 33.9. The lowest BCUT2D eigenvalue weighted by Gasteiger charge is -2.36. The summed E-state index contributed by atoms with van der Waals surface area (Å²) in [7, 11) is -2.23. The van der Waals surface area contributed by atoms with Crippen LogP contribution in [0.2, 0.25) is 0 Å². The van der Waals surface area contributed by atoms with Gasteiger partial charge < -0.3 is 29.7 Å². The number of aryl methyl sites for hydroxylation is 1. The van der Waals surface area contributed by atoms with Crippen LogP contribution in [0, 0.1) is 17.3 Å². The number of likely N-dealkylation sites (tertiary alicyclic amines) is 1. The van der Waals surface area contributed by atoms with Crippen molar-refractivity contribution < 1.29 is 37.0 Å². The molecule has 3 saturated carbocycles. The lowest BCUT2D eigenvalue weighted by atomic mass is 9.85. The first kappa shape index (κ1) is 41.8. The average molecular weight is 797 g/mol. The highest BCUT2D eigenvalue weighted by molar-refractivity contribution is 7.90. The molecular formula is C41H60N6O8S. The molecular weight excluding hydrogens is 737 g/mol. The second kappa shape index (κ2) is 16.2. The number of amides is 3. The van der Waals surface area contributed by atoms with E-state index in [4.69, 9.17) is 24.2 Å². The van der Waals surface area contributed by atoms with Crippen molar-refractivity contribution in [3.05, 3.63) is 42.6 Å². The van der Waals surface area contributed by atoms with E-state index in [1.165, 1.54) is 7.11 Å². The quantitative estimate of drug-likeness (QED) is 0.135. The standard InChI is InChI=1S/C41H60N6O8S/c1-9-14-26-22-40(26,7)55-38(50)44-34(39(4,5)6)36(49)47-24-28(54-35-32(15-10-2)42-30-16-12-13-17-31(30)43-35)20-27(47)21-33(48)45-41(23-25(41)11-3)37(53-8)46-56(51,52)29-18-19-29/h11-13,16-17,25-29,34,37,46H,3,9-10,14-15,18-24H2,1-2,4-8H3,(H,44,50)(H,45,48). The molecule has 1 aromatic heterocycles. The van der Waals surface area contributed by atoms with E-state index >= 15 is 0 Å². The van der Waals surface area contributed by atoms with Gasteiger partial charge in [0.1, 0.15) is 29.7 Å². The van der Waals surface area contributed by atoms with E-state index in [0.717, 1.165) is 31.2 Å². The normalized spacial score (nSPS) is 28.3. The number of carbonyl (C=O) groups is 3. The molecule has 0 bridgehead atoms. The molecule has 1 aliphatic heterocycles. The number of rotatable bonds is 18. The van der Waals surface area contributed by atoms with Gasteiger partial charge in [0.15, 0.2) is 0 Å². The highest BCUT2D eigenvalue weighted by Gasteiger charge is 2.61. The Morgan fingerprint density at radius 2 is 1.79 bits per heavy atom. The number of fused-ring (bicyclic) bond motifs is 1. The molecule has 4 aliphatic rings. The summed E-state index contributed by atoms with van der Waals surface area (Å²) >= 11 is 0. The van der Waals surface area contributed by atoms with Crippen LogP contribution in [0.5, 0.6) is 5.88 Å². The lowest BCUT2D eigenvalue weighted by molar-refractivity contribution is -0.138. The van der Waals surface area contributed by atoms with E-state index in [9.17, 15) is 22.8 Å². The number of para-hydroxylation sites is 2. The SMILES string of the molecule is C=CC1CC1(NC(=O)CC1CC(Oc2nc3ccccc3nc2CCC)CN1C(=O)C(NC(=O)OC1(C)CC1CCC)C(C)(C)C)C(NS(=O)(=O)C1CC1)OC. The largest absolute Gasteiger partial charge is 0.471 e. The fourth-order valence-electron chi connectivity index (χ4n) is 8.20. The van der Waals surface area contributed by atoms with Crippen molar-refractivity contribution in [2.24, 2.45) is 17.3 Å². The first-order valence-corrected chi connectivity index (χ1v) is 21.7. The van der Waals surface area contributed by atoms with Gasteiger partial charge in [-0.15, -0.1) is 6.58 Å². The van der Waals surface area contributed by atoms with Crippen molar-refractivity contribution in [3.63, 3.8) is 0 Å². The Morgan fingerprint density at radius 1 is 1.09 bits per heavy atom. The zero-order valence-corrected chi connectivity index (χ0v) is 34.7. The fraction of sp³-hybridized carbons (Fsp3) is 0.683. The van der Waals surface area contributed by atoms with Crippen molar-refractivity contribution in [1.82, 2.24) is 30.2 Å². The first-order valence-electron chi connectivity index (χ1n) is 20.2. The minimum atomic E-state index is -3.64. The Morgan fingerprint density at radius 3 is 2.38 bits per heavy atom. The molecule has 8 atom stereocenters. The summed E-state index contributed by atoms with van der Waals surface area (Å²) in [5, 5.41) is 5.50. The van der Waals surface area contributed by atoms with Crippen LogP contribution in [0.4, 0.5) is 4.79 Å². The molecule has 1 aromatic carbocycles. The molecule has 3 amide bonds. The Balaban J connectivity index is 1.25. The summed E-state index contributed by atoms with van der Waals surface area (Å²) in [5.74, 6) is -0.303. The molecule has 3 aliphatic carbocycles. The molecule has 1 saturated heterocycles. The molecule has 56 heavy (non-hydrogen) atoms. The van der Waals surface area contributed by atoms with Crippen molar-refractivity contribution in [3.8, 4) is 5.88 Å². The predicted octanol–water partition coefficient (Wildman–Crippen LogP) is 5.16. The Kier molecular flexibility index (Phi) is 12.1. The van der Waals surface area contributed by atoms with Gasteiger partial charge >= 0.3 is 6.09 Å². The Bertz CT molecular complexity index is 1920. The number of carbonyl (C=O) groups excluding carboxylic acids is 3. The third-order valence-electron chi connectivity index (χ3n) is 11.8. The van der Waals surface area contributed by atoms with Gasteiger partial charge in [-0.2, -0.15) is 4.72 Å².